The number of carbonyl (C=O) groups excluding carboxylic acids is 8. The summed E-state index contributed by atoms with van der Waals surface area (Å²) in [6.45, 7) is 4.26. The predicted molar refractivity (Wildman–Crippen MR) is 176 cm³/mol. The van der Waals surface area contributed by atoms with Gasteiger partial charge in [0.25, 0.3) is 0 Å². The normalized spacial score (nSPS) is 16.0. The fourth-order valence-corrected chi connectivity index (χ4v) is 4.71. The number of hydrogen-bond acceptors (Lipinski definition) is 11. The molecular weight excluding hydrogens is 678 g/mol. The highest BCUT2D eigenvalue weighted by atomic mass is 16.4. The molecule has 0 spiro atoms. The summed E-state index contributed by atoms with van der Waals surface area (Å²) >= 11 is 0. The molecule has 0 unspecified atom stereocenters. The average Bonchev–Trinajstić information content (AvgIpc) is 3.55. The molecular formula is C30H49N9O12. The molecule has 1 aliphatic rings. The molecule has 0 bridgehead atoms. The highest BCUT2D eigenvalue weighted by Gasteiger charge is 2.35. The second-order valence-electron chi connectivity index (χ2n) is 12.3. The summed E-state index contributed by atoms with van der Waals surface area (Å²) in [7, 11) is 0. The predicted octanol–water partition coefficient (Wildman–Crippen LogP) is -4.74. The first-order valence-corrected chi connectivity index (χ1v) is 16.3. The number of nitrogens with one attached hydrogen (secondary N) is 7. The molecule has 5 atom stereocenters. The minimum Gasteiger partial charge on any atom is -0.481 e. The zero-order valence-corrected chi connectivity index (χ0v) is 29.0. The van der Waals surface area contributed by atoms with E-state index >= 15 is 0 Å². The Kier molecular flexibility index (Phi) is 18.6. The molecule has 0 aromatic rings. The average molecular weight is 728 g/mol. The number of carboxylic acid groups (broad SMARTS) is 2. The molecule has 51 heavy (non-hydrogen) atoms. The van der Waals surface area contributed by atoms with Gasteiger partial charge in [0.05, 0.1) is 25.7 Å². The number of amides is 8. The number of rotatable bonds is 21. The molecule has 286 valence electrons. The molecule has 8 amide bonds. The van der Waals surface area contributed by atoms with Crippen molar-refractivity contribution in [3.63, 3.8) is 0 Å². The van der Waals surface area contributed by atoms with Crippen LogP contribution in [0.25, 0.3) is 0 Å². The van der Waals surface area contributed by atoms with Gasteiger partial charge in [-0.2, -0.15) is 0 Å². The van der Waals surface area contributed by atoms with Crippen molar-refractivity contribution in [2.45, 2.75) is 90.0 Å². The Morgan fingerprint density at radius 1 is 0.686 bits per heavy atom. The van der Waals surface area contributed by atoms with Crippen molar-refractivity contribution in [2.24, 2.45) is 11.7 Å². The van der Waals surface area contributed by atoms with Gasteiger partial charge in [0.15, 0.2) is 0 Å². The number of hydrogen-bond donors (Lipinski definition) is 10. The minimum atomic E-state index is -1.40. The molecule has 0 aliphatic carbocycles. The van der Waals surface area contributed by atoms with Crippen molar-refractivity contribution < 1.29 is 58.2 Å². The largest absolute Gasteiger partial charge is 0.481 e. The van der Waals surface area contributed by atoms with Crippen molar-refractivity contribution in [3.05, 3.63) is 0 Å². The van der Waals surface area contributed by atoms with Crippen LogP contribution in [0.15, 0.2) is 0 Å². The van der Waals surface area contributed by atoms with Gasteiger partial charge in [-0.25, -0.2) is 0 Å². The third-order valence-electron chi connectivity index (χ3n) is 7.38. The summed E-state index contributed by atoms with van der Waals surface area (Å²) in [5.74, 6) is -8.45. The SMILES string of the molecule is CC(C)C[C@H](NC(=O)[C@H](CCC(=O)O)NC(=O)[C@H](C)NC(=O)[C@H](C)N)C(=O)NCC(=O)N1CCC[C@H]1C(=O)NCC(=O)NCC(=O)NCC(=O)O. The van der Waals surface area contributed by atoms with Crippen LogP contribution in [0.5, 0.6) is 0 Å². The van der Waals surface area contributed by atoms with Gasteiger partial charge >= 0.3 is 11.9 Å². The first-order valence-electron chi connectivity index (χ1n) is 16.3. The Balaban J connectivity index is 2.82. The highest BCUT2D eigenvalue weighted by Crippen LogP contribution is 2.17. The standard InChI is InChI=1S/C30H49N9O12/c1-15(2)10-19(38-29(50)18(7-8-24(43)44)37-27(48)17(4)36-26(47)16(3)31)28(49)35-13-23(42)39-9-5-6-20(39)30(51)34-12-22(41)32-11-21(40)33-14-25(45)46/h15-20H,5-14,31H2,1-4H3,(H,32,41)(H,33,40)(H,34,51)(H,35,49)(H,36,47)(H,37,48)(H,38,50)(H,43,44)(H,45,46)/t16-,17-,18-,19-,20-/m0/s1. The fraction of sp³-hybridized carbons (Fsp3) is 0.667. The van der Waals surface area contributed by atoms with E-state index in [2.05, 4.69) is 37.2 Å². The van der Waals surface area contributed by atoms with Gasteiger partial charge in [0.2, 0.25) is 47.3 Å². The van der Waals surface area contributed by atoms with Crippen LogP contribution in [-0.2, 0) is 47.9 Å². The van der Waals surface area contributed by atoms with Crippen molar-refractivity contribution in [1.29, 1.82) is 0 Å². The van der Waals surface area contributed by atoms with Crippen LogP contribution in [0.2, 0.25) is 0 Å². The Hall–Kier alpha value is -5.34. The number of carboxylic acids is 2. The van der Waals surface area contributed by atoms with Crippen LogP contribution >= 0.6 is 0 Å². The van der Waals surface area contributed by atoms with Crippen LogP contribution in [0.4, 0.5) is 0 Å². The van der Waals surface area contributed by atoms with Gasteiger partial charge < -0.3 is 58.1 Å². The summed E-state index contributed by atoms with van der Waals surface area (Å²) in [5, 5.41) is 34.1. The lowest BCUT2D eigenvalue weighted by atomic mass is 10.0. The minimum absolute atomic E-state index is 0.101. The molecule has 1 rings (SSSR count). The lowest BCUT2D eigenvalue weighted by Gasteiger charge is -2.26. The van der Waals surface area contributed by atoms with E-state index in [0.717, 1.165) is 0 Å². The Bertz CT molecular complexity index is 1320. The summed E-state index contributed by atoms with van der Waals surface area (Å²) in [4.78, 5) is 123. The van der Waals surface area contributed by atoms with Gasteiger partial charge in [-0.15, -0.1) is 0 Å². The summed E-state index contributed by atoms with van der Waals surface area (Å²) in [6.07, 6.45) is -0.0121. The molecule has 11 N–H and O–H groups in total. The van der Waals surface area contributed by atoms with E-state index in [1.807, 2.05) is 0 Å². The van der Waals surface area contributed by atoms with E-state index in [-0.39, 0.29) is 31.7 Å². The topological polar surface area (TPSA) is 325 Å². The Morgan fingerprint density at radius 2 is 1.27 bits per heavy atom. The lowest BCUT2D eigenvalue weighted by Crippen LogP contribution is -2.57. The van der Waals surface area contributed by atoms with E-state index in [1.165, 1.54) is 18.7 Å². The maximum Gasteiger partial charge on any atom is 0.322 e. The molecule has 0 aromatic heterocycles. The number of nitrogens with two attached hydrogens (primary N) is 1. The lowest BCUT2D eigenvalue weighted by molar-refractivity contribution is -0.139. The third kappa shape index (κ3) is 16.7. The summed E-state index contributed by atoms with van der Waals surface area (Å²) < 4.78 is 0. The highest BCUT2D eigenvalue weighted by molar-refractivity contribution is 5.96. The fourth-order valence-electron chi connectivity index (χ4n) is 4.71. The zero-order chi connectivity index (χ0) is 38.8. The number of carbonyl (C=O) groups is 10. The van der Waals surface area contributed by atoms with Crippen molar-refractivity contribution >= 4 is 59.2 Å². The monoisotopic (exact) mass is 727 g/mol. The second kappa shape index (κ2) is 21.7. The van der Waals surface area contributed by atoms with E-state index in [1.54, 1.807) is 13.8 Å². The molecule has 21 nitrogen and oxygen atoms in total. The molecule has 21 heteroatoms. The Morgan fingerprint density at radius 3 is 1.84 bits per heavy atom. The summed E-state index contributed by atoms with van der Waals surface area (Å²) in [5.41, 5.74) is 5.50. The number of aliphatic carboxylic acids is 2. The van der Waals surface area contributed by atoms with Gasteiger partial charge in [0.1, 0.15) is 30.7 Å². The van der Waals surface area contributed by atoms with Crippen molar-refractivity contribution in [1.82, 2.24) is 42.1 Å². The van der Waals surface area contributed by atoms with Crippen molar-refractivity contribution in [3.8, 4) is 0 Å². The van der Waals surface area contributed by atoms with E-state index in [4.69, 9.17) is 15.9 Å². The zero-order valence-electron chi connectivity index (χ0n) is 29.0. The van der Waals surface area contributed by atoms with Crippen LogP contribution in [0.3, 0.4) is 0 Å². The first kappa shape index (κ1) is 43.7. The van der Waals surface area contributed by atoms with Gasteiger partial charge in [-0.3, -0.25) is 47.9 Å². The van der Waals surface area contributed by atoms with E-state index in [0.29, 0.717) is 6.42 Å². The molecule has 1 heterocycles. The molecule has 0 aromatic carbocycles. The Labute approximate surface area is 293 Å². The molecule has 1 aliphatic heterocycles. The smallest absolute Gasteiger partial charge is 0.322 e. The second-order valence-corrected chi connectivity index (χ2v) is 12.3. The third-order valence-corrected chi connectivity index (χ3v) is 7.38. The van der Waals surface area contributed by atoms with Gasteiger partial charge in [-0.05, 0) is 45.4 Å². The number of likely N-dealkylation sites (tertiary alicyclic amines) is 1. The van der Waals surface area contributed by atoms with Gasteiger partial charge in [-0.1, -0.05) is 13.8 Å². The maximum absolute atomic E-state index is 13.2. The molecule has 0 radical (unpaired) electrons. The molecule has 0 saturated carbocycles. The van der Waals surface area contributed by atoms with Crippen LogP contribution in [0.1, 0.15) is 59.8 Å². The first-order chi connectivity index (χ1) is 23.8. The van der Waals surface area contributed by atoms with E-state index < -0.39 is 122 Å². The number of nitrogens with zero attached hydrogens (tertiary/aromatic N) is 1. The van der Waals surface area contributed by atoms with Crippen molar-refractivity contribution in [2.75, 3.05) is 32.7 Å². The van der Waals surface area contributed by atoms with Gasteiger partial charge in [0, 0.05) is 13.0 Å². The van der Waals surface area contributed by atoms with Crippen LogP contribution < -0.4 is 43.0 Å². The van der Waals surface area contributed by atoms with Crippen LogP contribution in [0, 0.1) is 5.92 Å². The molecule has 1 saturated heterocycles. The molecule has 1 fully saturated rings. The maximum atomic E-state index is 13.2. The summed E-state index contributed by atoms with van der Waals surface area (Å²) in [6, 6.07) is -5.59. The quantitative estimate of drug-likeness (QED) is 0.0532. The van der Waals surface area contributed by atoms with Crippen LogP contribution in [-0.4, -0.2) is 137 Å². The van der Waals surface area contributed by atoms with E-state index in [9.17, 15) is 47.9 Å².